The summed E-state index contributed by atoms with van der Waals surface area (Å²) >= 11 is 0.725. The van der Waals surface area contributed by atoms with Crippen molar-refractivity contribution in [1.29, 1.82) is 0 Å². The minimum absolute atomic E-state index is 0.0285. The van der Waals surface area contributed by atoms with Crippen molar-refractivity contribution in [3.05, 3.63) is 69.3 Å². The van der Waals surface area contributed by atoms with Crippen molar-refractivity contribution in [2.45, 2.75) is 32.6 Å². The lowest BCUT2D eigenvalue weighted by molar-refractivity contribution is -0.380. The first kappa shape index (κ1) is 26.9. The number of hydrogen-bond donors (Lipinski definition) is 0. The van der Waals surface area contributed by atoms with E-state index in [4.69, 9.17) is 4.74 Å². The first-order chi connectivity index (χ1) is 17.0. The molecule has 0 radical (unpaired) electrons. The summed E-state index contributed by atoms with van der Waals surface area (Å²) in [6.07, 6.45) is 0. The molecule has 1 heterocycles. The highest BCUT2D eigenvalue weighted by Crippen LogP contribution is 2.39. The summed E-state index contributed by atoms with van der Waals surface area (Å²) in [5.74, 6) is -0.718. The van der Waals surface area contributed by atoms with E-state index in [1.807, 2.05) is 31.7 Å². The van der Waals surface area contributed by atoms with Gasteiger partial charge in [0.15, 0.2) is 5.00 Å². The molecule has 0 unspecified atom stereocenters. The molecular formula is C23H23FN4O6S2. The van der Waals surface area contributed by atoms with Gasteiger partial charge in [-0.25, -0.2) is 4.79 Å². The summed E-state index contributed by atoms with van der Waals surface area (Å²) in [6.45, 7) is 7.92. The fourth-order valence-electron chi connectivity index (χ4n) is 3.46. The van der Waals surface area contributed by atoms with Crippen LogP contribution < -0.4 is 4.90 Å². The molecule has 13 heteroatoms. The van der Waals surface area contributed by atoms with E-state index in [1.165, 1.54) is 24.3 Å². The van der Waals surface area contributed by atoms with Gasteiger partial charge in [-0.05, 0) is 86.6 Å². The molecule has 0 spiro atoms. The number of nitrogens with zero attached hydrogens (tertiary/aromatic N) is 4. The molecule has 0 aliphatic carbocycles. The Balaban J connectivity index is 1.96. The van der Waals surface area contributed by atoms with Crippen LogP contribution in [0.2, 0.25) is 0 Å². The predicted molar refractivity (Wildman–Crippen MR) is 134 cm³/mol. The van der Waals surface area contributed by atoms with Crippen molar-refractivity contribution in [3.8, 4) is 0 Å². The van der Waals surface area contributed by atoms with Crippen LogP contribution in [0.5, 0.6) is 0 Å². The Bertz CT molecular complexity index is 1440. The van der Waals surface area contributed by atoms with E-state index in [0.29, 0.717) is 17.9 Å². The van der Waals surface area contributed by atoms with E-state index in [2.05, 4.69) is 10.2 Å². The van der Waals surface area contributed by atoms with Crippen molar-refractivity contribution in [1.82, 2.24) is 0 Å². The van der Waals surface area contributed by atoms with Gasteiger partial charge in [-0.1, -0.05) is 0 Å². The highest BCUT2D eigenvalue weighted by atomic mass is 32.3. The number of halogens is 1. The van der Waals surface area contributed by atoms with Crippen LogP contribution in [-0.4, -0.2) is 32.5 Å². The second-order valence-electron chi connectivity index (χ2n) is 7.51. The maximum atomic E-state index is 13.2. The van der Waals surface area contributed by atoms with Gasteiger partial charge in [0.2, 0.25) is 0 Å². The molecule has 36 heavy (non-hydrogen) atoms. The van der Waals surface area contributed by atoms with Crippen LogP contribution in [0, 0.1) is 24.0 Å². The van der Waals surface area contributed by atoms with Crippen LogP contribution in [0.3, 0.4) is 0 Å². The number of anilines is 2. The SMILES string of the molecule is CCOC(=O)c1cc([N+](=O)[O-])sc1N=Nc1ccc(N(CC)c2ccc(S(=O)(=O)F)cc2)c(C)c1C. The Labute approximate surface area is 211 Å². The molecule has 0 N–H and O–H groups in total. The van der Waals surface area contributed by atoms with Gasteiger partial charge >= 0.3 is 21.2 Å². The highest BCUT2D eigenvalue weighted by Gasteiger charge is 2.23. The fraction of sp³-hybridized carbons (Fsp3) is 0.261. The Morgan fingerprint density at radius 3 is 2.33 bits per heavy atom. The first-order valence-corrected chi connectivity index (χ1v) is 13.0. The lowest BCUT2D eigenvalue weighted by Gasteiger charge is -2.26. The van der Waals surface area contributed by atoms with Crippen molar-refractivity contribution in [3.63, 3.8) is 0 Å². The summed E-state index contributed by atoms with van der Waals surface area (Å²) in [5, 5.41) is 19.3. The largest absolute Gasteiger partial charge is 0.462 e. The zero-order valence-electron chi connectivity index (χ0n) is 19.9. The Hall–Kier alpha value is -3.71. The van der Waals surface area contributed by atoms with Gasteiger partial charge in [0.25, 0.3) is 0 Å². The van der Waals surface area contributed by atoms with Crippen molar-refractivity contribution >= 4 is 54.6 Å². The third-order valence-corrected chi connectivity index (χ3v) is 7.20. The Kier molecular flexibility index (Phi) is 8.15. The molecule has 0 fully saturated rings. The molecule has 0 saturated heterocycles. The molecule has 0 atom stereocenters. The number of esters is 1. The van der Waals surface area contributed by atoms with Crippen LogP contribution in [-0.2, 0) is 15.0 Å². The molecule has 0 aliphatic heterocycles. The molecule has 3 aromatic rings. The standard InChI is InChI=1S/C23H23FN4O6S2/c1-5-27(16-7-9-17(10-8-16)36(24,32)33)20-12-11-19(14(3)15(20)4)25-26-22-18(23(29)34-6-2)13-21(35-22)28(30)31/h7-13H,5-6H2,1-4H3. The number of rotatable bonds is 9. The highest BCUT2D eigenvalue weighted by molar-refractivity contribution is 7.86. The maximum absolute atomic E-state index is 13.2. The minimum Gasteiger partial charge on any atom is -0.462 e. The summed E-state index contributed by atoms with van der Waals surface area (Å²) in [7, 11) is -4.79. The van der Waals surface area contributed by atoms with Gasteiger partial charge in [0, 0.05) is 24.0 Å². The molecule has 10 nitrogen and oxygen atoms in total. The third kappa shape index (κ3) is 5.74. The van der Waals surface area contributed by atoms with Crippen molar-refractivity contribution in [2.75, 3.05) is 18.1 Å². The third-order valence-electron chi connectivity index (χ3n) is 5.39. The Morgan fingerprint density at radius 1 is 1.11 bits per heavy atom. The predicted octanol–water partition coefficient (Wildman–Crippen LogP) is 6.68. The molecule has 1 aromatic heterocycles. The number of thiophene rings is 1. The summed E-state index contributed by atoms with van der Waals surface area (Å²) in [4.78, 5) is 24.3. The molecular weight excluding hydrogens is 511 g/mol. The Morgan fingerprint density at radius 2 is 1.78 bits per heavy atom. The molecule has 0 saturated carbocycles. The van der Waals surface area contributed by atoms with Crippen LogP contribution >= 0.6 is 11.3 Å². The normalized spacial score (nSPS) is 11.6. The van der Waals surface area contributed by atoms with Crippen molar-refractivity contribution < 1.29 is 26.8 Å². The lowest BCUT2D eigenvalue weighted by atomic mass is 10.0. The molecule has 3 rings (SSSR count). The minimum atomic E-state index is -4.79. The van der Waals surface area contributed by atoms with Gasteiger partial charge in [-0.15, -0.1) is 14.1 Å². The zero-order chi connectivity index (χ0) is 26.6. The second kappa shape index (κ2) is 10.9. The molecule has 0 amide bonds. The average molecular weight is 535 g/mol. The molecule has 0 bridgehead atoms. The van der Waals surface area contributed by atoms with Crippen LogP contribution in [0.25, 0.3) is 0 Å². The number of nitro groups is 1. The van der Waals surface area contributed by atoms with Gasteiger partial charge in [-0.3, -0.25) is 10.1 Å². The van der Waals surface area contributed by atoms with Crippen LogP contribution in [0.1, 0.15) is 35.3 Å². The van der Waals surface area contributed by atoms with E-state index in [-0.39, 0.29) is 22.2 Å². The number of ether oxygens (including phenoxy) is 1. The zero-order valence-corrected chi connectivity index (χ0v) is 21.5. The molecule has 190 valence electrons. The van der Waals surface area contributed by atoms with Crippen LogP contribution in [0.4, 0.5) is 31.0 Å². The second-order valence-corrected chi connectivity index (χ2v) is 9.87. The monoisotopic (exact) mass is 534 g/mol. The summed E-state index contributed by atoms with van der Waals surface area (Å²) < 4.78 is 40.5. The van der Waals surface area contributed by atoms with E-state index in [9.17, 15) is 27.2 Å². The number of carbonyl (C=O) groups is 1. The number of hydrogen-bond acceptors (Lipinski definition) is 10. The number of benzene rings is 2. The van der Waals surface area contributed by atoms with Gasteiger partial charge < -0.3 is 9.64 Å². The van der Waals surface area contributed by atoms with E-state index < -0.39 is 26.0 Å². The lowest BCUT2D eigenvalue weighted by Crippen LogP contribution is -2.17. The van der Waals surface area contributed by atoms with E-state index >= 15 is 0 Å². The van der Waals surface area contributed by atoms with Gasteiger partial charge in [0.1, 0.15) is 5.56 Å². The van der Waals surface area contributed by atoms with Gasteiger partial charge in [-0.2, -0.15) is 8.42 Å². The maximum Gasteiger partial charge on any atom is 0.341 e. The van der Waals surface area contributed by atoms with Gasteiger partial charge in [0.05, 0.1) is 22.1 Å². The van der Waals surface area contributed by atoms with E-state index in [1.54, 1.807) is 13.0 Å². The first-order valence-electron chi connectivity index (χ1n) is 10.8. The van der Waals surface area contributed by atoms with Crippen LogP contribution in [0.15, 0.2) is 57.6 Å². The van der Waals surface area contributed by atoms with E-state index in [0.717, 1.165) is 34.2 Å². The molecule has 0 aliphatic rings. The van der Waals surface area contributed by atoms with Crippen molar-refractivity contribution in [2.24, 2.45) is 10.2 Å². The number of azo groups is 1. The number of carbonyl (C=O) groups excluding carboxylic acids is 1. The quantitative estimate of drug-likeness (QED) is 0.0983. The fourth-order valence-corrected chi connectivity index (χ4v) is 4.71. The smallest absolute Gasteiger partial charge is 0.341 e. The molecule has 2 aromatic carbocycles. The topological polar surface area (TPSA) is 132 Å². The average Bonchev–Trinajstić information content (AvgIpc) is 3.26. The summed E-state index contributed by atoms with van der Waals surface area (Å²) in [5.41, 5.74) is 3.60. The summed E-state index contributed by atoms with van der Waals surface area (Å²) in [6, 6.07) is 10.1.